The molecule has 2 atom stereocenters. The molecule has 1 N–H and O–H groups in total. The number of hydrogen-bond acceptors (Lipinski definition) is 2. The van der Waals surface area contributed by atoms with Crippen molar-refractivity contribution >= 4 is 17.2 Å². The summed E-state index contributed by atoms with van der Waals surface area (Å²) >= 11 is 1.75. The fraction of sp³-hybridized carbons (Fsp3) is 0.500. The summed E-state index contributed by atoms with van der Waals surface area (Å²) in [6, 6.07) is 4.53. The summed E-state index contributed by atoms with van der Waals surface area (Å²) in [5, 5.41) is 5.08. The lowest BCUT2D eigenvalue weighted by Gasteiger charge is -2.14. The second-order valence-corrected chi connectivity index (χ2v) is 4.39. The van der Waals surface area contributed by atoms with Crippen LogP contribution in [-0.2, 0) is 4.79 Å². The SMILES string of the molecule is CCC1NC(=O)CC1c1cccs1. The van der Waals surface area contributed by atoms with Gasteiger partial charge in [-0.05, 0) is 17.9 Å². The molecule has 70 valence electrons. The monoisotopic (exact) mass is 195 g/mol. The molecule has 2 heterocycles. The second kappa shape index (κ2) is 3.50. The van der Waals surface area contributed by atoms with Gasteiger partial charge in [-0.25, -0.2) is 0 Å². The molecule has 0 aliphatic carbocycles. The average molecular weight is 195 g/mol. The highest BCUT2D eigenvalue weighted by Gasteiger charge is 2.32. The van der Waals surface area contributed by atoms with Crippen LogP contribution in [0.25, 0.3) is 0 Å². The smallest absolute Gasteiger partial charge is 0.220 e. The van der Waals surface area contributed by atoms with E-state index < -0.39 is 0 Å². The van der Waals surface area contributed by atoms with Crippen LogP contribution in [0.4, 0.5) is 0 Å². The Labute approximate surface area is 82.0 Å². The van der Waals surface area contributed by atoms with Gasteiger partial charge in [-0.3, -0.25) is 4.79 Å². The average Bonchev–Trinajstić information content (AvgIpc) is 2.71. The third-order valence-electron chi connectivity index (χ3n) is 2.59. The molecule has 13 heavy (non-hydrogen) atoms. The first-order chi connectivity index (χ1) is 6.31. The lowest BCUT2D eigenvalue weighted by atomic mass is 9.97. The summed E-state index contributed by atoms with van der Waals surface area (Å²) in [5.74, 6) is 0.614. The summed E-state index contributed by atoms with van der Waals surface area (Å²) in [5.41, 5.74) is 0. The number of carbonyl (C=O) groups is 1. The summed E-state index contributed by atoms with van der Waals surface area (Å²) in [6.07, 6.45) is 1.69. The highest BCUT2D eigenvalue weighted by Crippen LogP contribution is 2.32. The van der Waals surface area contributed by atoms with Crippen LogP contribution in [0.3, 0.4) is 0 Å². The molecule has 1 aromatic heterocycles. The molecule has 0 aromatic carbocycles. The van der Waals surface area contributed by atoms with Crippen LogP contribution in [-0.4, -0.2) is 11.9 Å². The van der Waals surface area contributed by atoms with E-state index in [-0.39, 0.29) is 5.91 Å². The van der Waals surface area contributed by atoms with Crippen LogP contribution in [0.5, 0.6) is 0 Å². The molecule has 1 aromatic rings. The lowest BCUT2D eigenvalue weighted by Crippen LogP contribution is -2.26. The maximum Gasteiger partial charge on any atom is 0.220 e. The summed E-state index contributed by atoms with van der Waals surface area (Å²) in [6.45, 7) is 2.12. The van der Waals surface area contributed by atoms with Gasteiger partial charge in [0.15, 0.2) is 0 Å². The Morgan fingerprint density at radius 3 is 3.15 bits per heavy atom. The number of carbonyl (C=O) groups excluding carboxylic acids is 1. The van der Waals surface area contributed by atoms with Crippen LogP contribution < -0.4 is 5.32 Å². The molecule has 1 saturated heterocycles. The van der Waals surface area contributed by atoms with Crippen molar-refractivity contribution in [2.24, 2.45) is 0 Å². The molecule has 1 fully saturated rings. The van der Waals surface area contributed by atoms with Crippen LogP contribution >= 0.6 is 11.3 Å². The van der Waals surface area contributed by atoms with Crippen molar-refractivity contribution < 1.29 is 4.79 Å². The summed E-state index contributed by atoms with van der Waals surface area (Å²) in [4.78, 5) is 12.5. The molecule has 0 bridgehead atoms. The van der Waals surface area contributed by atoms with Crippen molar-refractivity contribution in [3.63, 3.8) is 0 Å². The molecule has 2 nitrogen and oxygen atoms in total. The number of amides is 1. The minimum Gasteiger partial charge on any atom is -0.353 e. The van der Waals surface area contributed by atoms with Crippen LogP contribution in [0.15, 0.2) is 17.5 Å². The molecule has 2 rings (SSSR count). The number of nitrogens with one attached hydrogen (secondary N) is 1. The maximum absolute atomic E-state index is 11.2. The van der Waals surface area contributed by atoms with Gasteiger partial charge in [0.05, 0.1) is 0 Å². The highest BCUT2D eigenvalue weighted by atomic mass is 32.1. The third kappa shape index (κ3) is 1.61. The van der Waals surface area contributed by atoms with Gasteiger partial charge in [-0.1, -0.05) is 13.0 Å². The van der Waals surface area contributed by atoms with Gasteiger partial charge < -0.3 is 5.32 Å². The van der Waals surface area contributed by atoms with E-state index in [0.717, 1.165) is 6.42 Å². The van der Waals surface area contributed by atoms with Gasteiger partial charge in [0, 0.05) is 23.3 Å². The molecule has 0 radical (unpaired) electrons. The molecule has 0 spiro atoms. The van der Waals surface area contributed by atoms with Crippen molar-refractivity contribution in [1.82, 2.24) is 5.32 Å². The normalized spacial score (nSPS) is 27.6. The molecule has 1 amide bonds. The van der Waals surface area contributed by atoms with Gasteiger partial charge in [-0.15, -0.1) is 11.3 Å². The van der Waals surface area contributed by atoms with E-state index in [1.807, 2.05) is 0 Å². The molecule has 0 saturated carbocycles. The Balaban J connectivity index is 2.19. The van der Waals surface area contributed by atoms with Crippen molar-refractivity contribution in [1.29, 1.82) is 0 Å². The predicted molar refractivity (Wildman–Crippen MR) is 53.9 cm³/mol. The van der Waals surface area contributed by atoms with E-state index in [9.17, 15) is 4.79 Å². The van der Waals surface area contributed by atoms with E-state index in [4.69, 9.17) is 0 Å². The molecular weight excluding hydrogens is 182 g/mol. The molecule has 2 unspecified atom stereocenters. The third-order valence-corrected chi connectivity index (χ3v) is 3.59. The van der Waals surface area contributed by atoms with Crippen molar-refractivity contribution in [3.8, 4) is 0 Å². The Morgan fingerprint density at radius 2 is 2.54 bits per heavy atom. The first-order valence-corrected chi connectivity index (χ1v) is 5.52. The van der Waals surface area contributed by atoms with Crippen LogP contribution in [0.2, 0.25) is 0 Å². The number of rotatable bonds is 2. The van der Waals surface area contributed by atoms with Gasteiger partial charge in [0.25, 0.3) is 0 Å². The van der Waals surface area contributed by atoms with Gasteiger partial charge in [0.1, 0.15) is 0 Å². The van der Waals surface area contributed by atoms with E-state index in [0.29, 0.717) is 18.4 Å². The topological polar surface area (TPSA) is 29.1 Å². The van der Waals surface area contributed by atoms with Crippen molar-refractivity contribution in [2.45, 2.75) is 31.7 Å². The molecular formula is C10H13NOS. The minimum absolute atomic E-state index is 0.199. The van der Waals surface area contributed by atoms with Crippen molar-refractivity contribution in [3.05, 3.63) is 22.4 Å². The number of hydrogen-bond donors (Lipinski definition) is 1. The summed E-state index contributed by atoms with van der Waals surface area (Å²) < 4.78 is 0. The fourth-order valence-electron chi connectivity index (χ4n) is 1.90. The highest BCUT2D eigenvalue weighted by molar-refractivity contribution is 7.10. The zero-order chi connectivity index (χ0) is 9.26. The van der Waals surface area contributed by atoms with Gasteiger partial charge >= 0.3 is 0 Å². The lowest BCUT2D eigenvalue weighted by molar-refractivity contribution is -0.119. The Bertz CT molecular complexity index is 294. The predicted octanol–water partition coefficient (Wildman–Crippen LogP) is 2.13. The number of thiophene rings is 1. The van der Waals surface area contributed by atoms with Crippen LogP contribution in [0, 0.1) is 0 Å². The van der Waals surface area contributed by atoms with Crippen molar-refractivity contribution in [2.75, 3.05) is 0 Å². The maximum atomic E-state index is 11.2. The van der Waals surface area contributed by atoms with E-state index >= 15 is 0 Å². The minimum atomic E-state index is 0.199. The van der Waals surface area contributed by atoms with E-state index in [2.05, 4.69) is 29.8 Å². The first kappa shape index (κ1) is 8.75. The Hall–Kier alpha value is -0.830. The fourth-order valence-corrected chi connectivity index (χ4v) is 2.79. The standard InChI is InChI=1S/C10H13NOS/c1-2-8-7(6-10(12)11-8)9-4-3-5-13-9/h3-5,7-8H,2,6H2,1H3,(H,11,12). The van der Waals surface area contributed by atoms with E-state index in [1.54, 1.807) is 11.3 Å². The summed E-state index contributed by atoms with van der Waals surface area (Å²) in [7, 11) is 0. The van der Waals surface area contributed by atoms with Gasteiger partial charge in [-0.2, -0.15) is 0 Å². The molecule has 3 heteroatoms. The van der Waals surface area contributed by atoms with E-state index in [1.165, 1.54) is 4.88 Å². The molecule has 1 aliphatic rings. The Morgan fingerprint density at radius 1 is 1.69 bits per heavy atom. The molecule has 1 aliphatic heterocycles. The Kier molecular flexibility index (Phi) is 2.36. The first-order valence-electron chi connectivity index (χ1n) is 4.64. The quantitative estimate of drug-likeness (QED) is 0.769. The zero-order valence-electron chi connectivity index (χ0n) is 7.62. The van der Waals surface area contributed by atoms with Crippen LogP contribution in [0.1, 0.15) is 30.6 Å². The zero-order valence-corrected chi connectivity index (χ0v) is 8.43. The van der Waals surface area contributed by atoms with Gasteiger partial charge in [0.2, 0.25) is 5.91 Å². The largest absolute Gasteiger partial charge is 0.353 e. The second-order valence-electron chi connectivity index (χ2n) is 3.41.